The van der Waals surface area contributed by atoms with Crippen LogP contribution in [-0.2, 0) is 10.0 Å². The molecule has 0 aliphatic carbocycles. The summed E-state index contributed by atoms with van der Waals surface area (Å²) >= 11 is 0. The molecule has 0 spiro atoms. The molecule has 0 atom stereocenters. The molecule has 1 N–H and O–H groups in total. The molecular formula is C20H26N4O3S. The van der Waals surface area contributed by atoms with Gasteiger partial charge >= 0.3 is 0 Å². The van der Waals surface area contributed by atoms with E-state index in [9.17, 15) is 8.42 Å². The summed E-state index contributed by atoms with van der Waals surface area (Å²) in [6, 6.07) is 11.1. The Labute approximate surface area is 166 Å². The van der Waals surface area contributed by atoms with Crippen LogP contribution in [0.5, 0.6) is 5.88 Å². The molecule has 0 saturated carbocycles. The number of hydrogen-bond acceptors (Lipinski definition) is 6. The molecule has 1 aliphatic rings. The Hall–Kier alpha value is -2.45. The average Bonchev–Trinajstić information content (AvgIpc) is 2.71. The van der Waals surface area contributed by atoms with E-state index in [0.29, 0.717) is 11.7 Å². The molecule has 1 saturated heterocycles. The lowest BCUT2D eigenvalue weighted by atomic mass is 10.1. The molecule has 28 heavy (non-hydrogen) atoms. The van der Waals surface area contributed by atoms with Gasteiger partial charge in [-0.3, -0.25) is 0 Å². The smallest absolute Gasteiger partial charge is 0.233 e. The van der Waals surface area contributed by atoms with Crippen molar-refractivity contribution in [3.63, 3.8) is 0 Å². The van der Waals surface area contributed by atoms with E-state index in [2.05, 4.69) is 19.6 Å². The van der Waals surface area contributed by atoms with E-state index in [4.69, 9.17) is 4.74 Å². The summed E-state index contributed by atoms with van der Waals surface area (Å²) in [5, 5.41) is 1.16. The summed E-state index contributed by atoms with van der Waals surface area (Å²) in [7, 11) is -3.52. The first-order valence-corrected chi connectivity index (χ1v) is 11.0. The molecule has 1 aromatic heterocycles. The molecule has 2 aromatic rings. The molecule has 150 valence electrons. The van der Waals surface area contributed by atoms with Gasteiger partial charge in [0, 0.05) is 31.1 Å². The van der Waals surface area contributed by atoms with Crippen LogP contribution < -0.4 is 14.4 Å². The molecule has 1 aromatic carbocycles. The molecule has 0 bridgehead atoms. The van der Waals surface area contributed by atoms with Crippen LogP contribution in [0.4, 0.5) is 5.82 Å². The maximum absolute atomic E-state index is 12.0. The predicted octanol–water partition coefficient (Wildman–Crippen LogP) is 2.74. The molecular weight excluding hydrogens is 376 g/mol. The SMILES string of the molecule is Cc1nc(OCCNS(=O)(=O)C=Cc2ccccc2)cc(N2CCCCC2)n1. The van der Waals surface area contributed by atoms with Crippen molar-refractivity contribution in [3.05, 3.63) is 53.2 Å². The highest BCUT2D eigenvalue weighted by molar-refractivity contribution is 7.92. The first-order chi connectivity index (χ1) is 13.5. The van der Waals surface area contributed by atoms with Gasteiger partial charge in [0.1, 0.15) is 18.2 Å². The second-order valence-corrected chi connectivity index (χ2v) is 8.31. The van der Waals surface area contributed by atoms with Crippen molar-refractivity contribution in [2.45, 2.75) is 26.2 Å². The van der Waals surface area contributed by atoms with E-state index in [1.807, 2.05) is 43.3 Å². The summed E-state index contributed by atoms with van der Waals surface area (Å²) in [6.45, 7) is 4.15. The van der Waals surface area contributed by atoms with Gasteiger partial charge in [0.25, 0.3) is 0 Å². The Kier molecular flexibility index (Phi) is 7.00. The Bertz CT molecular complexity index is 895. The summed E-state index contributed by atoms with van der Waals surface area (Å²) < 4.78 is 32.2. The Morgan fingerprint density at radius 3 is 2.64 bits per heavy atom. The van der Waals surface area contributed by atoms with Crippen molar-refractivity contribution in [2.75, 3.05) is 31.1 Å². The molecule has 1 aliphatic heterocycles. The minimum atomic E-state index is -3.52. The molecule has 0 radical (unpaired) electrons. The van der Waals surface area contributed by atoms with Gasteiger partial charge in [-0.1, -0.05) is 30.3 Å². The third kappa shape index (κ3) is 6.31. The molecule has 7 nitrogen and oxygen atoms in total. The van der Waals surface area contributed by atoms with Crippen LogP contribution in [-0.4, -0.2) is 44.6 Å². The normalized spacial score (nSPS) is 15.1. The highest BCUT2D eigenvalue weighted by atomic mass is 32.2. The quantitative estimate of drug-likeness (QED) is 0.684. The number of benzene rings is 1. The van der Waals surface area contributed by atoms with Crippen LogP contribution in [0.2, 0.25) is 0 Å². The van der Waals surface area contributed by atoms with Gasteiger partial charge in [-0.05, 0) is 37.8 Å². The summed E-state index contributed by atoms with van der Waals surface area (Å²) in [6.07, 6.45) is 5.14. The van der Waals surface area contributed by atoms with Crippen LogP contribution in [0.25, 0.3) is 6.08 Å². The topological polar surface area (TPSA) is 84.4 Å². The van der Waals surface area contributed by atoms with Crippen molar-refractivity contribution >= 4 is 21.9 Å². The second kappa shape index (κ2) is 9.66. The largest absolute Gasteiger partial charge is 0.476 e. The van der Waals surface area contributed by atoms with Crippen LogP contribution in [0.1, 0.15) is 30.7 Å². The second-order valence-electron chi connectivity index (χ2n) is 6.66. The van der Waals surface area contributed by atoms with Crippen molar-refractivity contribution in [1.29, 1.82) is 0 Å². The van der Waals surface area contributed by atoms with Gasteiger partial charge in [0.05, 0.1) is 0 Å². The van der Waals surface area contributed by atoms with Crippen LogP contribution >= 0.6 is 0 Å². The van der Waals surface area contributed by atoms with Gasteiger partial charge in [0.2, 0.25) is 15.9 Å². The lowest BCUT2D eigenvalue weighted by molar-refractivity contribution is 0.309. The highest BCUT2D eigenvalue weighted by Gasteiger charge is 2.14. The van der Waals surface area contributed by atoms with Gasteiger partial charge < -0.3 is 9.64 Å². The number of piperidine rings is 1. The fraction of sp³-hybridized carbons (Fsp3) is 0.400. The number of aromatic nitrogens is 2. The van der Waals surface area contributed by atoms with E-state index in [1.165, 1.54) is 6.42 Å². The number of rotatable bonds is 8. The number of aryl methyl sites for hydroxylation is 1. The van der Waals surface area contributed by atoms with Crippen LogP contribution in [0.3, 0.4) is 0 Å². The molecule has 3 rings (SSSR count). The Morgan fingerprint density at radius 1 is 1.14 bits per heavy atom. The monoisotopic (exact) mass is 402 g/mol. The van der Waals surface area contributed by atoms with Gasteiger partial charge in [-0.15, -0.1) is 0 Å². The minimum absolute atomic E-state index is 0.156. The third-order valence-electron chi connectivity index (χ3n) is 4.38. The maximum atomic E-state index is 12.0. The molecule has 8 heteroatoms. The Balaban J connectivity index is 1.50. The van der Waals surface area contributed by atoms with Crippen molar-refractivity contribution in [3.8, 4) is 5.88 Å². The third-order valence-corrected chi connectivity index (χ3v) is 5.48. The minimum Gasteiger partial charge on any atom is -0.476 e. The van der Waals surface area contributed by atoms with E-state index >= 15 is 0 Å². The summed E-state index contributed by atoms with van der Waals surface area (Å²) in [4.78, 5) is 11.0. The zero-order valence-corrected chi connectivity index (χ0v) is 16.9. The van der Waals surface area contributed by atoms with Gasteiger partial charge in [0.15, 0.2) is 0 Å². The molecule has 1 fully saturated rings. The number of ether oxygens (including phenoxy) is 1. The van der Waals surface area contributed by atoms with E-state index in [1.54, 1.807) is 6.08 Å². The van der Waals surface area contributed by atoms with Crippen LogP contribution in [0, 0.1) is 6.92 Å². The number of hydrogen-bond donors (Lipinski definition) is 1. The lowest BCUT2D eigenvalue weighted by Gasteiger charge is -2.28. The summed E-state index contributed by atoms with van der Waals surface area (Å²) in [5.41, 5.74) is 0.825. The fourth-order valence-corrected chi connectivity index (χ4v) is 3.80. The predicted molar refractivity (Wildman–Crippen MR) is 111 cm³/mol. The Morgan fingerprint density at radius 2 is 1.89 bits per heavy atom. The number of nitrogens with one attached hydrogen (secondary N) is 1. The summed E-state index contributed by atoms with van der Waals surface area (Å²) in [5.74, 6) is 1.98. The van der Waals surface area contributed by atoms with Crippen molar-refractivity contribution < 1.29 is 13.2 Å². The first-order valence-electron chi connectivity index (χ1n) is 9.48. The number of anilines is 1. The van der Waals surface area contributed by atoms with Gasteiger partial charge in [-0.2, -0.15) is 4.98 Å². The highest BCUT2D eigenvalue weighted by Crippen LogP contribution is 2.21. The first kappa shape index (κ1) is 20.3. The maximum Gasteiger partial charge on any atom is 0.233 e. The molecule has 0 amide bonds. The van der Waals surface area contributed by atoms with Crippen molar-refractivity contribution in [2.24, 2.45) is 0 Å². The zero-order chi connectivity index (χ0) is 19.8. The molecule has 2 heterocycles. The number of sulfonamides is 1. The van der Waals surface area contributed by atoms with Crippen molar-refractivity contribution in [1.82, 2.24) is 14.7 Å². The van der Waals surface area contributed by atoms with E-state index in [-0.39, 0.29) is 13.2 Å². The number of nitrogens with zero attached hydrogens (tertiary/aromatic N) is 3. The van der Waals surface area contributed by atoms with Crippen LogP contribution in [0.15, 0.2) is 41.8 Å². The molecule has 0 unspecified atom stereocenters. The van der Waals surface area contributed by atoms with E-state index in [0.717, 1.165) is 42.7 Å². The standard InChI is InChI=1S/C20H26N4O3S/c1-17-22-19(24-12-6-3-7-13-24)16-20(23-17)27-14-11-21-28(25,26)15-10-18-8-4-2-5-9-18/h2,4-5,8-10,15-16,21H,3,6-7,11-14H2,1H3. The van der Waals surface area contributed by atoms with Gasteiger partial charge in [-0.25, -0.2) is 18.1 Å². The fourth-order valence-electron chi connectivity index (χ4n) is 3.00. The zero-order valence-electron chi connectivity index (χ0n) is 16.0. The van der Waals surface area contributed by atoms with E-state index < -0.39 is 10.0 Å². The lowest BCUT2D eigenvalue weighted by Crippen LogP contribution is -2.30. The average molecular weight is 403 g/mol.